The first-order chi connectivity index (χ1) is 19.0. The number of hydrogen-bond acceptors (Lipinski definition) is 9. The minimum atomic E-state index is -4.59. The number of halogens is 3. The van der Waals surface area contributed by atoms with E-state index in [0.717, 1.165) is 30.3 Å². The van der Waals surface area contributed by atoms with Crippen LogP contribution in [-0.2, 0) is 11.0 Å². The third kappa shape index (κ3) is 6.48. The fraction of sp³-hybridized carbons (Fsp3) is 0.370. The lowest BCUT2D eigenvalue weighted by Crippen LogP contribution is -2.29. The van der Waals surface area contributed by atoms with Gasteiger partial charge in [-0.05, 0) is 36.6 Å². The van der Waals surface area contributed by atoms with Crippen molar-refractivity contribution in [1.29, 1.82) is 0 Å². The Morgan fingerprint density at radius 2 is 2.02 bits per heavy atom. The number of ether oxygens (including phenoxy) is 1. The van der Waals surface area contributed by atoms with Gasteiger partial charge in [-0.15, -0.1) is 0 Å². The average Bonchev–Trinajstić information content (AvgIpc) is 3.49. The van der Waals surface area contributed by atoms with Crippen molar-refractivity contribution >= 4 is 38.4 Å². The van der Waals surface area contributed by atoms with Crippen molar-refractivity contribution in [2.24, 2.45) is 5.92 Å². The summed E-state index contributed by atoms with van der Waals surface area (Å²) in [5, 5.41) is 6.34. The Morgan fingerprint density at radius 1 is 1.20 bits per heavy atom. The molecule has 1 aliphatic rings. The number of rotatable bonds is 8. The highest BCUT2D eigenvalue weighted by Gasteiger charge is 2.34. The van der Waals surface area contributed by atoms with Crippen LogP contribution in [0, 0.1) is 5.92 Å². The fourth-order valence-corrected chi connectivity index (χ4v) is 5.55. The molecule has 210 valence electrons. The van der Waals surface area contributed by atoms with Gasteiger partial charge in [0.15, 0.2) is 10.9 Å². The molecule has 9 nitrogen and oxygen atoms in total. The molecule has 1 amide bonds. The SMILES string of the molecule is CC(=O)Nc1nc2c(Oc3cc(-c4ccc(C(F)(F)F)nc4NC4CCN(CC(C)C)C4)ncn3)cccc2s1. The van der Waals surface area contributed by atoms with Crippen molar-refractivity contribution in [1.82, 2.24) is 24.8 Å². The molecular formula is C27H28F3N7O2S. The Labute approximate surface area is 232 Å². The normalized spacial score (nSPS) is 16.0. The molecule has 0 radical (unpaired) electrons. The summed E-state index contributed by atoms with van der Waals surface area (Å²) in [6, 6.07) is 9.18. The molecule has 2 N–H and O–H groups in total. The molecule has 4 aromatic rings. The number of para-hydroxylation sites is 1. The smallest absolute Gasteiger partial charge is 0.433 e. The largest absolute Gasteiger partial charge is 0.437 e. The van der Waals surface area contributed by atoms with Crippen LogP contribution in [0.3, 0.4) is 0 Å². The van der Waals surface area contributed by atoms with E-state index in [4.69, 9.17) is 4.74 Å². The molecule has 13 heteroatoms. The molecule has 1 fully saturated rings. The first-order valence-corrected chi connectivity index (χ1v) is 13.6. The Kier molecular flexibility index (Phi) is 7.86. The van der Waals surface area contributed by atoms with Crippen LogP contribution in [0.5, 0.6) is 11.6 Å². The number of carbonyl (C=O) groups excluding carboxylic acids is 1. The van der Waals surface area contributed by atoms with Crippen LogP contribution in [0.15, 0.2) is 42.7 Å². The zero-order valence-electron chi connectivity index (χ0n) is 22.1. The Morgan fingerprint density at radius 3 is 2.77 bits per heavy atom. The van der Waals surface area contributed by atoms with E-state index in [1.807, 2.05) is 6.07 Å². The lowest BCUT2D eigenvalue weighted by Gasteiger charge is -2.20. The number of nitrogens with zero attached hydrogens (tertiary/aromatic N) is 5. The van der Waals surface area contributed by atoms with Gasteiger partial charge in [0.25, 0.3) is 0 Å². The van der Waals surface area contributed by atoms with Crippen molar-refractivity contribution in [2.75, 3.05) is 30.3 Å². The minimum absolute atomic E-state index is 0.0499. The lowest BCUT2D eigenvalue weighted by atomic mass is 10.1. The molecule has 0 bridgehead atoms. The maximum atomic E-state index is 13.6. The molecule has 1 atom stereocenters. The fourth-order valence-electron chi connectivity index (χ4n) is 4.62. The molecule has 0 aliphatic carbocycles. The van der Waals surface area contributed by atoms with Crippen LogP contribution in [0.25, 0.3) is 21.5 Å². The number of nitrogens with one attached hydrogen (secondary N) is 2. The van der Waals surface area contributed by atoms with Crippen molar-refractivity contribution in [3.63, 3.8) is 0 Å². The first-order valence-electron chi connectivity index (χ1n) is 12.8. The molecule has 1 saturated heterocycles. The van der Waals surface area contributed by atoms with E-state index in [1.165, 1.54) is 30.7 Å². The maximum Gasteiger partial charge on any atom is 0.433 e. The van der Waals surface area contributed by atoms with E-state index >= 15 is 0 Å². The van der Waals surface area contributed by atoms with Gasteiger partial charge < -0.3 is 20.3 Å². The average molecular weight is 572 g/mol. The zero-order chi connectivity index (χ0) is 28.4. The van der Waals surface area contributed by atoms with Gasteiger partial charge >= 0.3 is 6.18 Å². The van der Waals surface area contributed by atoms with Gasteiger partial charge in [-0.2, -0.15) is 13.2 Å². The monoisotopic (exact) mass is 571 g/mol. The number of amides is 1. The summed E-state index contributed by atoms with van der Waals surface area (Å²) < 4.78 is 47.5. The number of hydrogen-bond donors (Lipinski definition) is 2. The highest BCUT2D eigenvalue weighted by Crippen LogP contribution is 2.37. The van der Waals surface area contributed by atoms with Crippen LogP contribution in [0.2, 0.25) is 0 Å². The standard InChI is InChI=1S/C27H28F3N7O2S/c1-15(2)12-37-10-9-17(13-37)34-25-18(7-8-22(35-25)27(28,29)30)19-11-23(32-14-31-19)39-20-5-4-6-21-24(20)36-26(40-21)33-16(3)38/h4-8,11,14-15,17H,9-10,12-13H2,1-3H3,(H,34,35)(H,33,36,38). The summed E-state index contributed by atoms with van der Waals surface area (Å²) in [4.78, 5) is 30.6. The van der Waals surface area contributed by atoms with Gasteiger partial charge in [0, 0.05) is 44.2 Å². The number of alkyl halides is 3. The highest BCUT2D eigenvalue weighted by molar-refractivity contribution is 7.22. The molecule has 0 spiro atoms. The molecule has 1 aliphatic heterocycles. The second-order valence-corrected chi connectivity index (χ2v) is 11.1. The summed E-state index contributed by atoms with van der Waals surface area (Å²) in [7, 11) is 0. The zero-order valence-corrected chi connectivity index (χ0v) is 22.9. The summed E-state index contributed by atoms with van der Waals surface area (Å²) in [6.07, 6.45) is -2.51. The number of benzene rings is 1. The lowest BCUT2D eigenvalue weighted by molar-refractivity contribution is -0.141. The Balaban J connectivity index is 1.44. The molecule has 1 aromatic carbocycles. The van der Waals surface area contributed by atoms with E-state index in [0.29, 0.717) is 40.1 Å². The summed E-state index contributed by atoms with van der Waals surface area (Å²) in [5.41, 5.74) is 0.325. The van der Waals surface area contributed by atoms with Crippen LogP contribution in [0.1, 0.15) is 32.9 Å². The van der Waals surface area contributed by atoms with Crippen LogP contribution >= 0.6 is 11.3 Å². The van der Waals surface area contributed by atoms with Crippen molar-refractivity contribution in [2.45, 2.75) is 39.4 Å². The van der Waals surface area contributed by atoms with Crippen LogP contribution in [0.4, 0.5) is 24.1 Å². The maximum absolute atomic E-state index is 13.6. The van der Waals surface area contributed by atoms with E-state index < -0.39 is 11.9 Å². The number of aromatic nitrogens is 4. The molecule has 40 heavy (non-hydrogen) atoms. The van der Waals surface area contributed by atoms with Crippen LogP contribution in [-0.4, -0.2) is 56.4 Å². The van der Waals surface area contributed by atoms with E-state index in [2.05, 4.69) is 49.3 Å². The van der Waals surface area contributed by atoms with E-state index in [-0.39, 0.29) is 23.6 Å². The van der Waals surface area contributed by atoms with Gasteiger partial charge in [0.05, 0.1) is 10.4 Å². The van der Waals surface area contributed by atoms with Gasteiger partial charge in [-0.25, -0.2) is 19.9 Å². The minimum Gasteiger partial charge on any atom is -0.437 e. The Hall–Kier alpha value is -3.84. The van der Waals surface area contributed by atoms with Gasteiger partial charge in [-0.1, -0.05) is 31.3 Å². The van der Waals surface area contributed by atoms with E-state index in [1.54, 1.807) is 18.2 Å². The molecule has 0 saturated carbocycles. The van der Waals surface area contributed by atoms with Crippen molar-refractivity contribution in [3.8, 4) is 22.9 Å². The highest BCUT2D eigenvalue weighted by atomic mass is 32.1. The predicted octanol–water partition coefficient (Wildman–Crippen LogP) is 6.06. The molecule has 1 unspecified atom stereocenters. The number of fused-ring (bicyclic) bond motifs is 1. The van der Waals surface area contributed by atoms with Gasteiger partial charge in [0.1, 0.15) is 23.4 Å². The topological polar surface area (TPSA) is 105 Å². The quantitative estimate of drug-likeness (QED) is 0.263. The summed E-state index contributed by atoms with van der Waals surface area (Å²) in [5.74, 6) is 0.961. The number of thiazole rings is 1. The third-order valence-electron chi connectivity index (χ3n) is 6.22. The van der Waals surface area contributed by atoms with Gasteiger partial charge in [0.2, 0.25) is 11.8 Å². The van der Waals surface area contributed by atoms with Gasteiger partial charge in [-0.3, -0.25) is 4.79 Å². The summed E-state index contributed by atoms with van der Waals surface area (Å²) in [6.45, 7) is 8.18. The van der Waals surface area contributed by atoms with Crippen molar-refractivity contribution in [3.05, 3.63) is 48.4 Å². The molecule has 4 heterocycles. The second-order valence-electron chi connectivity index (χ2n) is 10.0. The van der Waals surface area contributed by atoms with E-state index in [9.17, 15) is 18.0 Å². The number of likely N-dealkylation sites (tertiary alicyclic amines) is 1. The Bertz CT molecular complexity index is 1530. The number of anilines is 2. The number of carbonyl (C=O) groups is 1. The molecule has 3 aromatic heterocycles. The molecule has 5 rings (SSSR count). The summed E-state index contributed by atoms with van der Waals surface area (Å²) >= 11 is 1.31. The predicted molar refractivity (Wildman–Crippen MR) is 148 cm³/mol. The first kappa shape index (κ1) is 27.7. The molecular weight excluding hydrogens is 543 g/mol. The van der Waals surface area contributed by atoms with Crippen LogP contribution < -0.4 is 15.4 Å². The third-order valence-corrected chi connectivity index (χ3v) is 7.16. The number of pyridine rings is 1. The second kappa shape index (κ2) is 11.3. The van der Waals surface area contributed by atoms with Crippen molar-refractivity contribution < 1.29 is 22.7 Å².